The molecule has 1 aromatic rings. The van der Waals surface area contributed by atoms with Crippen molar-refractivity contribution < 1.29 is 19.4 Å². The molecule has 4 rings (SSSR count). The van der Waals surface area contributed by atoms with Crippen LogP contribution in [-0.4, -0.2) is 54.4 Å². The van der Waals surface area contributed by atoms with E-state index in [4.69, 9.17) is 9.47 Å². The lowest BCUT2D eigenvalue weighted by molar-refractivity contribution is -0.131. The number of hydrogen-bond acceptors (Lipinski definition) is 5. The Morgan fingerprint density at radius 3 is 2.80 bits per heavy atom. The highest BCUT2D eigenvalue weighted by Crippen LogP contribution is 2.36. The van der Waals surface area contributed by atoms with Crippen molar-refractivity contribution in [2.75, 3.05) is 32.8 Å². The fourth-order valence-corrected chi connectivity index (χ4v) is 3.89. The van der Waals surface area contributed by atoms with Crippen molar-refractivity contribution in [2.24, 2.45) is 5.92 Å². The molecule has 0 spiro atoms. The molecule has 0 amide bonds. The summed E-state index contributed by atoms with van der Waals surface area (Å²) < 4.78 is 11.1. The number of carbonyl (C=O) groups excluding carboxylic acids is 1. The Kier molecular flexibility index (Phi) is 5.45. The number of rotatable bonds is 7. The van der Waals surface area contributed by atoms with E-state index in [2.05, 4.69) is 11.5 Å². The van der Waals surface area contributed by atoms with Gasteiger partial charge in [-0.15, -0.1) is 6.58 Å². The number of fused-ring (bicyclic) bond motifs is 3. The fourth-order valence-electron chi connectivity index (χ4n) is 3.89. The fraction of sp³-hybridized carbons (Fsp3) is 0.550. The zero-order valence-corrected chi connectivity index (χ0v) is 14.9. The minimum atomic E-state index is -0.790. The van der Waals surface area contributed by atoms with Gasteiger partial charge in [-0.1, -0.05) is 6.08 Å². The van der Waals surface area contributed by atoms with Crippen molar-refractivity contribution in [1.29, 1.82) is 0 Å². The number of hydrogen-bond donors (Lipinski definition) is 1. The molecule has 1 N–H and O–H groups in total. The Balaban J connectivity index is 1.73. The van der Waals surface area contributed by atoms with Crippen molar-refractivity contribution in [3.63, 3.8) is 0 Å². The van der Waals surface area contributed by atoms with Gasteiger partial charge in [-0.05, 0) is 69.0 Å². The Morgan fingerprint density at radius 2 is 2.20 bits per heavy atom. The normalized spacial score (nSPS) is 27.8. The lowest BCUT2D eigenvalue weighted by Gasteiger charge is -2.50. The molecule has 25 heavy (non-hydrogen) atoms. The van der Waals surface area contributed by atoms with Crippen LogP contribution < -0.4 is 4.74 Å². The maximum atomic E-state index is 11.9. The topological polar surface area (TPSA) is 59.0 Å². The monoisotopic (exact) mass is 345 g/mol. The van der Waals surface area contributed by atoms with Crippen molar-refractivity contribution in [1.82, 2.24) is 4.90 Å². The molecular formula is C20H27NO4. The summed E-state index contributed by atoms with van der Waals surface area (Å²) >= 11 is 0. The van der Waals surface area contributed by atoms with E-state index in [0.29, 0.717) is 36.8 Å². The number of benzene rings is 1. The van der Waals surface area contributed by atoms with Gasteiger partial charge in [-0.25, -0.2) is 4.79 Å². The van der Waals surface area contributed by atoms with E-state index in [1.807, 2.05) is 0 Å². The minimum absolute atomic E-state index is 0.275. The van der Waals surface area contributed by atoms with Crippen LogP contribution in [0.3, 0.4) is 0 Å². The first kappa shape index (κ1) is 18.0. The molecule has 0 aliphatic carbocycles. The van der Waals surface area contributed by atoms with Gasteiger partial charge < -0.3 is 19.5 Å². The summed E-state index contributed by atoms with van der Waals surface area (Å²) in [4.78, 5) is 14.2. The number of ether oxygens (including phenoxy) is 2. The molecule has 136 valence electrons. The second-order valence-corrected chi connectivity index (χ2v) is 6.98. The van der Waals surface area contributed by atoms with E-state index in [1.165, 1.54) is 0 Å². The quantitative estimate of drug-likeness (QED) is 0.607. The molecule has 0 saturated carbocycles. The first-order valence-corrected chi connectivity index (χ1v) is 9.04. The van der Waals surface area contributed by atoms with Crippen LogP contribution >= 0.6 is 0 Å². The molecule has 3 saturated heterocycles. The maximum Gasteiger partial charge on any atom is 0.338 e. The maximum absolute atomic E-state index is 11.9. The standard InChI is InChI=1S/C20H27NO4/c1-3-5-15-12-16(19(22)24-4-2)6-7-18(15)25-14-20(23)13-21-10-8-17(20)9-11-21/h3,6-7,12,17,23H,1,4-5,8-11,13-14H2,2H3. The summed E-state index contributed by atoms with van der Waals surface area (Å²) in [6.45, 7) is 9.00. The Morgan fingerprint density at radius 1 is 1.44 bits per heavy atom. The van der Waals surface area contributed by atoms with Gasteiger partial charge in [0.2, 0.25) is 0 Å². The lowest BCUT2D eigenvalue weighted by atomic mass is 9.76. The van der Waals surface area contributed by atoms with Gasteiger partial charge in [-0.3, -0.25) is 0 Å². The predicted octanol–water partition coefficient (Wildman–Crippen LogP) is 2.43. The zero-order valence-electron chi connectivity index (χ0n) is 14.9. The van der Waals surface area contributed by atoms with E-state index in [9.17, 15) is 9.90 Å². The molecule has 3 aliphatic heterocycles. The number of esters is 1. The Labute approximate surface area is 149 Å². The van der Waals surface area contributed by atoms with E-state index in [1.54, 1.807) is 31.2 Å². The molecule has 1 unspecified atom stereocenters. The molecule has 1 aromatic carbocycles. The number of aliphatic hydroxyl groups is 1. The van der Waals surface area contributed by atoms with Crippen molar-refractivity contribution in [3.05, 3.63) is 42.0 Å². The first-order chi connectivity index (χ1) is 12.1. The lowest BCUT2D eigenvalue weighted by Crippen LogP contribution is -2.61. The molecule has 1 atom stereocenters. The molecular weight excluding hydrogens is 318 g/mol. The SMILES string of the molecule is C=CCc1cc(C(=O)OCC)ccc1OCC1(O)CN2CCC1CC2. The smallest absolute Gasteiger partial charge is 0.338 e. The second kappa shape index (κ2) is 7.58. The minimum Gasteiger partial charge on any atom is -0.490 e. The summed E-state index contributed by atoms with van der Waals surface area (Å²) in [5.41, 5.74) is 0.597. The molecule has 3 aliphatic rings. The van der Waals surface area contributed by atoms with Gasteiger partial charge in [0.25, 0.3) is 0 Å². The third-order valence-electron chi connectivity index (χ3n) is 5.26. The van der Waals surface area contributed by atoms with Gasteiger partial charge in [0.15, 0.2) is 0 Å². The molecule has 0 radical (unpaired) electrons. The number of nitrogens with zero attached hydrogens (tertiary/aromatic N) is 1. The van der Waals surface area contributed by atoms with Crippen LogP contribution in [-0.2, 0) is 11.2 Å². The summed E-state index contributed by atoms with van der Waals surface area (Å²) in [6, 6.07) is 5.28. The van der Waals surface area contributed by atoms with Crippen LogP contribution in [0, 0.1) is 5.92 Å². The highest BCUT2D eigenvalue weighted by molar-refractivity contribution is 5.89. The third-order valence-corrected chi connectivity index (χ3v) is 5.26. The van der Waals surface area contributed by atoms with Crippen molar-refractivity contribution >= 4 is 5.97 Å². The average Bonchev–Trinajstić information content (AvgIpc) is 2.62. The number of allylic oxidation sites excluding steroid dienone is 1. The summed E-state index contributed by atoms with van der Waals surface area (Å²) in [5, 5.41) is 11.0. The van der Waals surface area contributed by atoms with Gasteiger partial charge in [0, 0.05) is 6.54 Å². The first-order valence-electron chi connectivity index (χ1n) is 9.04. The van der Waals surface area contributed by atoms with Crippen LogP contribution in [0.4, 0.5) is 0 Å². The van der Waals surface area contributed by atoms with Gasteiger partial charge in [-0.2, -0.15) is 0 Å². The molecule has 2 bridgehead atoms. The number of piperidine rings is 3. The highest BCUT2D eigenvalue weighted by Gasteiger charge is 2.46. The zero-order chi connectivity index (χ0) is 17.9. The summed E-state index contributed by atoms with van der Waals surface area (Å²) in [5.74, 6) is 0.660. The van der Waals surface area contributed by atoms with Crippen LogP contribution in [0.1, 0.15) is 35.7 Å². The molecule has 3 heterocycles. The van der Waals surface area contributed by atoms with E-state index < -0.39 is 5.60 Å². The van der Waals surface area contributed by atoms with E-state index >= 15 is 0 Å². The van der Waals surface area contributed by atoms with Crippen molar-refractivity contribution in [2.45, 2.75) is 31.8 Å². The Hall–Kier alpha value is -1.85. The van der Waals surface area contributed by atoms with Gasteiger partial charge in [0.05, 0.1) is 12.2 Å². The van der Waals surface area contributed by atoms with Crippen LogP contribution in [0.2, 0.25) is 0 Å². The molecule has 5 nitrogen and oxygen atoms in total. The number of carbonyl (C=O) groups is 1. The largest absolute Gasteiger partial charge is 0.490 e. The van der Waals surface area contributed by atoms with Gasteiger partial charge >= 0.3 is 5.97 Å². The van der Waals surface area contributed by atoms with Crippen LogP contribution in [0.15, 0.2) is 30.9 Å². The Bertz CT molecular complexity index is 637. The third kappa shape index (κ3) is 3.88. The molecule has 0 aromatic heterocycles. The second-order valence-electron chi connectivity index (χ2n) is 6.98. The summed E-state index contributed by atoms with van der Waals surface area (Å²) in [7, 11) is 0. The molecule has 5 heteroatoms. The van der Waals surface area contributed by atoms with E-state index in [-0.39, 0.29) is 12.6 Å². The van der Waals surface area contributed by atoms with Crippen LogP contribution in [0.5, 0.6) is 5.75 Å². The van der Waals surface area contributed by atoms with Crippen molar-refractivity contribution in [3.8, 4) is 5.75 Å². The molecule has 3 fully saturated rings. The highest BCUT2D eigenvalue weighted by atomic mass is 16.5. The van der Waals surface area contributed by atoms with Gasteiger partial charge in [0.1, 0.15) is 18.0 Å². The predicted molar refractivity (Wildman–Crippen MR) is 95.9 cm³/mol. The van der Waals surface area contributed by atoms with E-state index in [0.717, 1.165) is 31.5 Å². The summed E-state index contributed by atoms with van der Waals surface area (Å²) in [6.07, 6.45) is 4.43. The average molecular weight is 345 g/mol. The van der Waals surface area contributed by atoms with Crippen LogP contribution in [0.25, 0.3) is 0 Å².